The number of benzene rings is 1. The molecule has 2 aromatic rings. The van der Waals surface area contributed by atoms with E-state index in [1.807, 2.05) is 18.3 Å². The number of aromatic nitrogens is 2. The zero-order valence-corrected chi connectivity index (χ0v) is 9.50. The third-order valence-electron chi connectivity index (χ3n) is 3.23. The van der Waals surface area contributed by atoms with Crippen molar-refractivity contribution in [3.05, 3.63) is 41.7 Å². The van der Waals surface area contributed by atoms with Gasteiger partial charge in [-0.25, -0.2) is 4.68 Å². The summed E-state index contributed by atoms with van der Waals surface area (Å²) in [7, 11) is 0. The number of aromatic hydroxyl groups is 1. The smallest absolute Gasteiger partial charge is 0.117 e. The summed E-state index contributed by atoms with van der Waals surface area (Å²) >= 11 is 0. The summed E-state index contributed by atoms with van der Waals surface area (Å²) in [5, 5.41) is 14.0. The average molecular weight is 229 g/mol. The Hall–Kier alpha value is -1.81. The second kappa shape index (κ2) is 3.89. The van der Waals surface area contributed by atoms with Crippen molar-refractivity contribution in [1.82, 2.24) is 9.78 Å². The molecule has 0 spiro atoms. The van der Waals surface area contributed by atoms with E-state index < -0.39 is 0 Å². The fourth-order valence-corrected chi connectivity index (χ4v) is 2.34. The quantitative estimate of drug-likeness (QED) is 0.785. The summed E-state index contributed by atoms with van der Waals surface area (Å²) in [5.74, 6) is 0.250. The van der Waals surface area contributed by atoms with Crippen LogP contribution in [-0.4, -0.2) is 14.9 Å². The van der Waals surface area contributed by atoms with E-state index in [0.29, 0.717) is 0 Å². The van der Waals surface area contributed by atoms with Crippen LogP contribution in [0.5, 0.6) is 5.75 Å². The van der Waals surface area contributed by atoms with Crippen LogP contribution in [0.1, 0.15) is 30.1 Å². The molecule has 1 atom stereocenters. The lowest BCUT2D eigenvalue weighted by Crippen LogP contribution is -2.17. The number of nitrogens with zero attached hydrogens (tertiary/aromatic N) is 2. The van der Waals surface area contributed by atoms with E-state index in [-0.39, 0.29) is 11.8 Å². The number of hydrogen-bond donors (Lipinski definition) is 2. The predicted octanol–water partition coefficient (Wildman–Crippen LogP) is 1.91. The number of nitrogens with two attached hydrogens (primary N) is 1. The van der Waals surface area contributed by atoms with E-state index in [2.05, 4.69) is 5.10 Å². The van der Waals surface area contributed by atoms with Crippen LogP contribution in [0.25, 0.3) is 5.69 Å². The molecule has 88 valence electrons. The Labute approximate surface area is 99.7 Å². The van der Waals surface area contributed by atoms with Gasteiger partial charge in [-0.3, -0.25) is 0 Å². The molecular weight excluding hydrogens is 214 g/mol. The molecule has 4 nitrogen and oxygen atoms in total. The number of hydrogen-bond acceptors (Lipinski definition) is 3. The molecule has 1 aliphatic rings. The van der Waals surface area contributed by atoms with Gasteiger partial charge in [-0.15, -0.1) is 0 Å². The van der Waals surface area contributed by atoms with Crippen molar-refractivity contribution in [2.75, 3.05) is 0 Å². The average Bonchev–Trinajstić information content (AvgIpc) is 2.74. The van der Waals surface area contributed by atoms with Crippen molar-refractivity contribution in [2.24, 2.45) is 5.73 Å². The van der Waals surface area contributed by atoms with Gasteiger partial charge in [-0.1, -0.05) is 6.07 Å². The van der Waals surface area contributed by atoms with Crippen molar-refractivity contribution in [1.29, 1.82) is 0 Å². The first-order valence-corrected chi connectivity index (χ1v) is 5.87. The van der Waals surface area contributed by atoms with Crippen molar-refractivity contribution in [3.8, 4) is 11.4 Å². The Morgan fingerprint density at radius 1 is 1.41 bits per heavy atom. The van der Waals surface area contributed by atoms with Crippen LogP contribution in [0.2, 0.25) is 0 Å². The molecule has 0 aliphatic heterocycles. The minimum atomic E-state index is 0.0531. The van der Waals surface area contributed by atoms with E-state index in [9.17, 15) is 5.11 Å². The minimum absolute atomic E-state index is 0.0531. The van der Waals surface area contributed by atoms with Crippen molar-refractivity contribution >= 4 is 0 Å². The third-order valence-corrected chi connectivity index (χ3v) is 3.23. The predicted molar refractivity (Wildman–Crippen MR) is 65.1 cm³/mol. The van der Waals surface area contributed by atoms with Crippen molar-refractivity contribution in [3.63, 3.8) is 0 Å². The lowest BCUT2D eigenvalue weighted by molar-refractivity contribution is 0.474. The summed E-state index contributed by atoms with van der Waals surface area (Å²) in [6.07, 6.45) is 5.19. The molecule has 0 amide bonds. The Morgan fingerprint density at radius 2 is 2.29 bits per heavy atom. The molecule has 0 radical (unpaired) electrons. The molecule has 3 rings (SSSR count). The fourth-order valence-electron chi connectivity index (χ4n) is 2.34. The molecule has 0 bridgehead atoms. The molecule has 17 heavy (non-hydrogen) atoms. The molecule has 0 saturated heterocycles. The highest BCUT2D eigenvalue weighted by molar-refractivity contribution is 5.39. The van der Waals surface area contributed by atoms with Crippen LogP contribution in [0.15, 0.2) is 30.5 Å². The second-order valence-electron chi connectivity index (χ2n) is 4.50. The van der Waals surface area contributed by atoms with Gasteiger partial charge in [-0.2, -0.15) is 5.10 Å². The second-order valence-corrected chi connectivity index (χ2v) is 4.50. The lowest BCUT2D eigenvalue weighted by atomic mass is 9.95. The van der Waals surface area contributed by atoms with Crippen LogP contribution >= 0.6 is 0 Å². The molecule has 1 aliphatic carbocycles. The van der Waals surface area contributed by atoms with E-state index in [1.165, 1.54) is 5.56 Å². The zero-order chi connectivity index (χ0) is 11.8. The Kier molecular flexibility index (Phi) is 2.37. The van der Waals surface area contributed by atoms with Crippen LogP contribution in [0.3, 0.4) is 0 Å². The fraction of sp³-hybridized carbons (Fsp3) is 0.308. The summed E-state index contributed by atoms with van der Waals surface area (Å²) in [5.41, 5.74) is 9.14. The number of aryl methyl sites for hydroxylation is 1. The molecule has 1 heterocycles. The zero-order valence-electron chi connectivity index (χ0n) is 9.50. The Balaban J connectivity index is 2.05. The first kappa shape index (κ1) is 10.4. The van der Waals surface area contributed by atoms with Crippen molar-refractivity contribution in [2.45, 2.75) is 25.3 Å². The molecule has 0 saturated carbocycles. The largest absolute Gasteiger partial charge is 0.508 e. The van der Waals surface area contributed by atoms with Gasteiger partial charge >= 0.3 is 0 Å². The van der Waals surface area contributed by atoms with Gasteiger partial charge in [0.2, 0.25) is 0 Å². The molecule has 1 unspecified atom stereocenters. The topological polar surface area (TPSA) is 64.1 Å². The Morgan fingerprint density at radius 3 is 3.06 bits per heavy atom. The summed E-state index contributed by atoms with van der Waals surface area (Å²) < 4.78 is 1.80. The van der Waals surface area contributed by atoms with Gasteiger partial charge in [0, 0.05) is 18.3 Å². The first-order valence-electron chi connectivity index (χ1n) is 5.87. The van der Waals surface area contributed by atoms with Crippen LogP contribution in [0, 0.1) is 0 Å². The number of rotatable bonds is 1. The number of phenols is 1. The molecule has 0 fully saturated rings. The van der Waals surface area contributed by atoms with Crippen LogP contribution < -0.4 is 5.73 Å². The van der Waals surface area contributed by atoms with Gasteiger partial charge in [0.1, 0.15) is 5.75 Å². The number of phenolic OH excluding ortho intramolecular Hbond substituents is 1. The van der Waals surface area contributed by atoms with Gasteiger partial charge in [-0.05, 0) is 37.0 Å². The summed E-state index contributed by atoms with van der Waals surface area (Å²) in [6, 6.07) is 7.13. The van der Waals surface area contributed by atoms with E-state index in [1.54, 1.807) is 16.8 Å². The maximum absolute atomic E-state index is 9.46. The molecular formula is C13H15N3O. The monoisotopic (exact) mass is 229 g/mol. The van der Waals surface area contributed by atoms with Crippen molar-refractivity contribution < 1.29 is 5.11 Å². The summed E-state index contributed by atoms with van der Waals surface area (Å²) in [6.45, 7) is 0. The summed E-state index contributed by atoms with van der Waals surface area (Å²) in [4.78, 5) is 0. The standard InChI is InChI=1S/C13H15N3O/c14-12-6-1-3-9-8-16(15-13(9)12)10-4-2-5-11(17)7-10/h2,4-5,7-8,12,17H,1,3,6,14H2. The highest BCUT2D eigenvalue weighted by atomic mass is 16.3. The number of fused-ring (bicyclic) bond motifs is 1. The van der Waals surface area contributed by atoms with E-state index in [0.717, 1.165) is 30.6 Å². The molecule has 4 heteroatoms. The first-order chi connectivity index (χ1) is 8.24. The highest BCUT2D eigenvalue weighted by Crippen LogP contribution is 2.27. The normalized spacial score (nSPS) is 19.0. The molecule has 3 N–H and O–H groups in total. The Bertz CT molecular complexity index is 547. The van der Waals surface area contributed by atoms with Gasteiger partial charge in [0.25, 0.3) is 0 Å². The highest BCUT2D eigenvalue weighted by Gasteiger charge is 2.20. The maximum Gasteiger partial charge on any atom is 0.117 e. The van der Waals surface area contributed by atoms with Gasteiger partial charge in [0.05, 0.1) is 11.4 Å². The van der Waals surface area contributed by atoms with E-state index >= 15 is 0 Å². The SMILES string of the molecule is NC1CCCc2cn(-c3cccc(O)c3)nc21. The van der Waals surface area contributed by atoms with Crippen LogP contribution in [-0.2, 0) is 6.42 Å². The van der Waals surface area contributed by atoms with E-state index in [4.69, 9.17) is 5.73 Å². The molecule has 1 aromatic heterocycles. The minimum Gasteiger partial charge on any atom is -0.508 e. The third kappa shape index (κ3) is 1.80. The lowest BCUT2D eigenvalue weighted by Gasteiger charge is -2.15. The molecule has 1 aromatic carbocycles. The maximum atomic E-state index is 9.46. The van der Waals surface area contributed by atoms with Gasteiger partial charge < -0.3 is 10.8 Å². The van der Waals surface area contributed by atoms with Crippen LogP contribution in [0.4, 0.5) is 0 Å². The van der Waals surface area contributed by atoms with Gasteiger partial charge in [0.15, 0.2) is 0 Å².